The number of amides is 1. The molecule has 116 valence electrons. The van der Waals surface area contributed by atoms with E-state index in [2.05, 4.69) is 5.32 Å². The molecule has 0 saturated carbocycles. The van der Waals surface area contributed by atoms with E-state index < -0.39 is 0 Å². The van der Waals surface area contributed by atoms with Crippen molar-refractivity contribution in [3.05, 3.63) is 63.6 Å². The monoisotopic (exact) mass is 337 g/mol. The van der Waals surface area contributed by atoms with Crippen LogP contribution in [0.2, 0.25) is 10.0 Å². The van der Waals surface area contributed by atoms with Gasteiger partial charge in [-0.2, -0.15) is 0 Å². The van der Waals surface area contributed by atoms with E-state index >= 15 is 0 Å². The Morgan fingerprint density at radius 2 is 2.00 bits per heavy atom. The number of hydrogen-bond acceptors (Lipinski definition) is 2. The topological polar surface area (TPSA) is 38.3 Å². The lowest BCUT2D eigenvalue weighted by atomic mass is 10.1. The number of carbonyl (C=O) groups excluding carboxylic acids is 1. The third-order valence-electron chi connectivity index (χ3n) is 3.24. The quantitative estimate of drug-likeness (QED) is 0.795. The molecule has 0 aromatic heterocycles. The van der Waals surface area contributed by atoms with Gasteiger partial charge in [-0.1, -0.05) is 35.3 Å². The number of nitrogens with one attached hydrogen (secondary N) is 1. The fourth-order valence-corrected chi connectivity index (χ4v) is 2.59. The van der Waals surface area contributed by atoms with Gasteiger partial charge in [-0.15, -0.1) is 0 Å². The molecule has 0 aliphatic heterocycles. The molecule has 0 unspecified atom stereocenters. The van der Waals surface area contributed by atoms with E-state index in [0.717, 1.165) is 18.6 Å². The van der Waals surface area contributed by atoms with Crippen LogP contribution < -0.4 is 10.1 Å². The van der Waals surface area contributed by atoms with Gasteiger partial charge in [-0.05, 0) is 48.7 Å². The fraction of sp³-hybridized carbons (Fsp3) is 0.235. The van der Waals surface area contributed by atoms with Gasteiger partial charge < -0.3 is 10.1 Å². The van der Waals surface area contributed by atoms with Crippen LogP contribution in [0.5, 0.6) is 5.75 Å². The van der Waals surface area contributed by atoms with Gasteiger partial charge in [-0.25, -0.2) is 0 Å². The lowest BCUT2D eigenvalue weighted by Gasteiger charge is -2.08. The summed E-state index contributed by atoms with van der Waals surface area (Å²) in [5, 5.41) is 3.73. The van der Waals surface area contributed by atoms with Crippen molar-refractivity contribution < 1.29 is 9.53 Å². The molecule has 0 fully saturated rings. The van der Waals surface area contributed by atoms with Gasteiger partial charge in [-0.3, -0.25) is 4.79 Å². The van der Waals surface area contributed by atoms with Crippen LogP contribution in [-0.2, 0) is 6.42 Å². The van der Waals surface area contributed by atoms with E-state index in [-0.39, 0.29) is 5.91 Å². The number of rotatable bonds is 6. The van der Waals surface area contributed by atoms with Gasteiger partial charge in [0.25, 0.3) is 5.91 Å². The Morgan fingerprint density at radius 3 is 2.73 bits per heavy atom. The van der Waals surface area contributed by atoms with Crippen LogP contribution in [0.4, 0.5) is 0 Å². The Kier molecular flexibility index (Phi) is 6.10. The second kappa shape index (κ2) is 8.06. The molecular weight excluding hydrogens is 321 g/mol. The summed E-state index contributed by atoms with van der Waals surface area (Å²) in [5.41, 5.74) is 1.62. The third kappa shape index (κ3) is 4.65. The van der Waals surface area contributed by atoms with Crippen LogP contribution >= 0.6 is 23.2 Å². The highest BCUT2D eigenvalue weighted by atomic mass is 35.5. The number of aryl methyl sites for hydroxylation is 1. The van der Waals surface area contributed by atoms with Gasteiger partial charge in [0.2, 0.25) is 0 Å². The van der Waals surface area contributed by atoms with Crippen LogP contribution in [0.25, 0.3) is 0 Å². The molecule has 2 rings (SSSR count). The Bertz CT molecular complexity index is 659. The second-order valence-electron chi connectivity index (χ2n) is 4.84. The van der Waals surface area contributed by atoms with Crippen molar-refractivity contribution in [2.75, 3.05) is 13.7 Å². The molecule has 1 N–H and O–H groups in total. The average Bonchev–Trinajstić information content (AvgIpc) is 2.51. The molecule has 0 aliphatic rings. The van der Waals surface area contributed by atoms with E-state index in [1.54, 1.807) is 25.3 Å². The molecule has 0 atom stereocenters. The van der Waals surface area contributed by atoms with Crippen molar-refractivity contribution >= 4 is 29.1 Å². The van der Waals surface area contributed by atoms with E-state index in [9.17, 15) is 4.79 Å². The van der Waals surface area contributed by atoms with Crippen LogP contribution in [0, 0.1) is 0 Å². The predicted octanol–water partition coefficient (Wildman–Crippen LogP) is 4.36. The molecule has 1 amide bonds. The predicted molar refractivity (Wildman–Crippen MR) is 90.1 cm³/mol. The number of ether oxygens (including phenoxy) is 1. The van der Waals surface area contributed by atoms with Crippen LogP contribution in [0.3, 0.4) is 0 Å². The summed E-state index contributed by atoms with van der Waals surface area (Å²) in [5.74, 6) is 0.654. The average molecular weight is 338 g/mol. The fourth-order valence-electron chi connectivity index (χ4n) is 2.09. The van der Waals surface area contributed by atoms with Gasteiger partial charge in [0.1, 0.15) is 5.75 Å². The summed E-state index contributed by atoms with van der Waals surface area (Å²) in [7, 11) is 1.65. The smallest absolute Gasteiger partial charge is 0.252 e. The zero-order chi connectivity index (χ0) is 15.9. The third-order valence-corrected chi connectivity index (χ3v) is 3.79. The van der Waals surface area contributed by atoms with Gasteiger partial charge in [0, 0.05) is 11.6 Å². The molecular formula is C17H17Cl2NO2. The summed E-state index contributed by atoms with van der Waals surface area (Å²) < 4.78 is 5.18. The standard InChI is InChI=1S/C17H17Cl2NO2/c1-22-14-6-2-4-12(10-14)5-3-9-20-17(21)15-8-7-13(18)11-16(15)19/h2,4,6-8,10-11H,3,5,9H2,1H3,(H,20,21). The largest absolute Gasteiger partial charge is 0.497 e. The Hall–Kier alpha value is -1.71. The Balaban J connectivity index is 1.82. The van der Waals surface area contributed by atoms with Crippen LogP contribution in [-0.4, -0.2) is 19.6 Å². The van der Waals surface area contributed by atoms with Crippen molar-refractivity contribution in [3.8, 4) is 5.75 Å². The lowest BCUT2D eigenvalue weighted by molar-refractivity contribution is 0.0953. The molecule has 5 heteroatoms. The zero-order valence-corrected chi connectivity index (χ0v) is 13.7. The highest BCUT2D eigenvalue weighted by Gasteiger charge is 2.09. The van der Waals surface area contributed by atoms with Gasteiger partial charge in [0.15, 0.2) is 0 Å². The Labute approximate surface area is 140 Å². The molecule has 0 bridgehead atoms. The minimum Gasteiger partial charge on any atom is -0.497 e. The minimum absolute atomic E-state index is 0.188. The number of hydrogen-bond donors (Lipinski definition) is 1. The van der Waals surface area contributed by atoms with Crippen molar-refractivity contribution in [2.45, 2.75) is 12.8 Å². The highest BCUT2D eigenvalue weighted by Crippen LogP contribution is 2.20. The van der Waals surface area contributed by atoms with Gasteiger partial charge in [0.05, 0.1) is 17.7 Å². The Morgan fingerprint density at radius 1 is 1.18 bits per heavy atom. The van der Waals surface area contributed by atoms with E-state index in [1.807, 2.05) is 24.3 Å². The molecule has 0 saturated heterocycles. The second-order valence-corrected chi connectivity index (χ2v) is 5.68. The maximum Gasteiger partial charge on any atom is 0.252 e. The first-order valence-electron chi connectivity index (χ1n) is 6.96. The normalized spacial score (nSPS) is 10.3. The zero-order valence-electron chi connectivity index (χ0n) is 12.2. The van der Waals surface area contributed by atoms with Crippen molar-refractivity contribution in [1.82, 2.24) is 5.32 Å². The van der Waals surface area contributed by atoms with Crippen molar-refractivity contribution in [2.24, 2.45) is 0 Å². The maximum atomic E-state index is 12.0. The molecule has 0 radical (unpaired) electrons. The summed E-state index contributed by atoms with van der Waals surface area (Å²) >= 11 is 11.8. The molecule has 0 spiro atoms. The lowest BCUT2D eigenvalue weighted by Crippen LogP contribution is -2.25. The molecule has 3 nitrogen and oxygen atoms in total. The van der Waals surface area contributed by atoms with E-state index in [4.69, 9.17) is 27.9 Å². The van der Waals surface area contributed by atoms with Crippen molar-refractivity contribution in [3.63, 3.8) is 0 Å². The summed E-state index contributed by atoms with van der Waals surface area (Å²) in [6.45, 7) is 0.578. The highest BCUT2D eigenvalue weighted by molar-refractivity contribution is 6.36. The first-order valence-corrected chi connectivity index (χ1v) is 7.72. The molecule has 22 heavy (non-hydrogen) atoms. The SMILES string of the molecule is COc1cccc(CCCNC(=O)c2ccc(Cl)cc2Cl)c1. The summed E-state index contributed by atoms with van der Waals surface area (Å²) in [6.07, 6.45) is 1.70. The number of methoxy groups -OCH3 is 1. The van der Waals surface area contributed by atoms with Crippen molar-refractivity contribution in [1.29, 1.82) is 0 Å². The first-order chi connectivity index (χ1) is 10.6. The van der Waals surface area contributed by atoms with E-state index in [0.29, 0.717) is 22.2 Å². The van der Waals surface area contributed by atoms with Crippen LogP contribution in [0.1, 0.15) is 22.3 Å². The maximum absolute atomic E-state index is 12.0. The molecule has 0 heterocycles. The summed E-state index contributed by atoms with van der Waals surface area (Å²) in [4.78, 5) is 12.0. The molecule has 2 aromatic rings. The molecule has 2 aromatic carbocycles. The molecule has 0 aliphatic carbocycles. The number of carbonyl (C=O) groups is 1. The summed E-state index contributed by atoms with van der Waals surface area (Å²) in [6, 6.07) is 12.8. The van der Waals surface area contributed by atoms with Crippen LogP contribution in [0.15, 0.2) is 42.5 Å². The van der Waals surface area contributed by atoms with Gasteiger partial charge >= 0.3 is 0 Å². The number of benzene rings is 2. The number of halogens is 2. The first kappa shape index (κ1) is 16.7. The van der Waals surface area contributed by atoms with E-state index in [1.165, 1.54) is 5.56 Å². The minimum atomic E-state index is -0.188.